The largest absolute Gasteiger partial charge is 0.382 e. The van der Waals surface area contributed by atoms with Crippen molar-refractivity contribution in [2.75, 3.05) is 44.2 Å². The quantitative estimate of drug-likeness (QED) is 0.338. The highest BCUT2D eigenvalue weighted by Crippen LogP contribution is 2.25. The molecule has 8 heteroatoms. The number of aromatic nitrogens is 2. The lowest BCUT2D eigenvalue weighted by Gasteiger charge is -2.09. The number of nitrogens with two attached hydrogens (primary N) is 1. The molecule has 108 valence electrons. The van der Waals surface area contributed by atoms with Crippen molar-refractivity contribution in [1.82, 2.24) is 9.97 Å². The first kappa shape index (κ1) is 16.1. The SMILES string of the molecule is COCCOCCCCNc1ncnc(NN)c1Br. The molecule has 1 aromatic rings. The van der Waals surface area contributed by atoms with Crippen LogP contribution >= 0.6 is 15.9 Å². The van der Waals surface area contributed by atoms with Crippen LogP contribution in [0.1, 0.15) is 12.8 Å². The first-order valence-corrected chi connectivity index (χ1v) is 6.86. The van der Waals surface area contributed by atoms with Crippen LogP contribution in [0, 0.1) is 0 Å². The Labute approximate surface area is 121 Å². The Kier molecular flexibility index (Phi) is 8.39. The summed E-state index contributed by atoms with van der Waals surface area (Å²) in [6, 6.07) is 0. The summed E-state index contributed by atoms with van der Waals surface area (Å²) in [4.78, 5) is 8.11. The summed E-state index contributed by atoms with van der Waals surface area (Å²) in [5, 5.41) is 3.22. The van der Waals surface area contributed by atoms with Crippen LogP contribution in [0.4, 0.5) is 11.6 Å². The van der Waals surface area contributed by atoms with Crippen molar-refractivity contribution in [1.29, 1.82) is 0 Å². The third kappa shape index (κ3) is 6.15. The second-order valence-corrected chi connectivity index (χ2v) is 4.56. The molecule has 0 aliphatic carbocycles. The molecule has 4 N–H and O–H groups in total. The van der Waals surface area contributed by atoms with Gasteiger partial charge in [-0.15, -0.1) is 0 Å². The van der Waals surface area contributed by atoms with E-state index in [9.17, 15) is 0 Å². The zero-order valence-electron chi connectivity index (χ0n) is 11.0. The van der Waals surface area contributed by atoms with Gasteiger partial charge in [0.2, 0.25) is 0 Å². The van der Waals surface area contributed by atoms with E-state index in [1.54, 1.807) is 7.11 Å². The van der Waals surface area contributed by atoms with Crippen LogP contribution in [0.3, 0.4) is 0 Å². The molecule has 0 aliphatic rings. The molecule has 1 rings (SSSR count). The predicted octanol–water partition coefficient (Wildman–Crippen LogP) is 1.38. The number of hydrogen-bond acceptors (Lipinski definition) is 7. The van der Waals surface area contributed by atoms with Crippen molar-refractivity contribution in [3.63, 3.8) is 0 Å². The van der Waals surface area contributed by atoms with Gasteiger partial charge in [-0.1, -0.05) is 0 Å². The molecule has 0 spiro atoms. The molecular weight excluding hydrogens is 314 g/mol. The Bertz CT molecular complexity index is 367. The maximum absolute atomic E-state index is 5.37. The second kappa shape index (κ2) is 9.90. The lowest BCUT2D eigenvalue weighted by atomic mass is 10.3. The highest BCUT2D eigenvalue weighted by molar-refractivity contribution is 9.10. The van der Waals surface area contributed by atoms with Crippen LogP contribution in [0.2, 0.25) is 0 Å². The number of nitrogen functional groups attached to an aromatic ring is 1. The van der Waals surface area contributed by atoms with Crippen molar-refractivity contribution in [3.8, 4) is 0 Å². The van der Waals surface area contributed by atoms with Crippen molar-refractivity contribution in [2.45, 2.75) is 12.8 Å². The monoisotopic (exact) mass is 333 g/mol. The van der Waals surface area contributed by atoms with E-state index >= 15 is 0 Å². The summed E-state index contributed by atoms with van der Waals surface area (Å²) >= 11 is 3.38. The number of ether oxygens (including phenoxy) is 2. The minimum atomic E-state index is 0.556. The Balaban J connectivity index is 2.16. The van der Waals surface area contributed by atoms with Crippen molar-refractivity contribution in [2.24, 2.45) is 5.84 Å². The lowest BCUT2D eigenvalue weighted by Crippen LogP contribution is -2.12. The molecule has 0 atom stereocenters. The molecule has 0 bridgehead atoms. The maximum atomic E-state index is 5.37. The summed E-state index contributed by atoms with van der Waals surface area (Å²) in [7, 11) is 1.66. The third-order valence-electron chi connectivity index (χ3n) is 2.37. The Morgan fingerprint density at radius 3 is 2.74 bits per heavy atom. The molecule has 0 amide bonds. The molecular formula is C11H20BrN5O2. The van der Waals surface area contributed by atoms with Gasteiger partial charge in [-0.2, -0.15) is 0 Å². The van der Waals surface area contributed by atoms with Crippen LogP contribution in [0.5, 0.6) is 0 Å². The van der Waals surface area contributed by atoms with Crippen molar-refractivity contribution < 1.29 is 9.47 Å². The number of anilines is 2. The van der Waals surface area contributed by atoms with Crippen molar-refractivity contribution >= 4 is 27.6 Å². The van der Waals surface area contributed by atoms with Gasteiger partial charge in [0, 0.05) is 20.3 Å². The number of unbranched alkanes of at least 4 members (excludes halogenated alkanes) is 1. The minimum absolute atomic E-state index is 0.556. The number of rotatable bonds is 10. The number of methoxy groups -OCH3 is 1. The first-order valence-electron chi connectivity index (χ1n) is 6.07. The van der Waals surface area contributed by atoms with E-state index in [1.807, 2.05) is 0 Å². The van der Waals surface area contributed by atoms with E-state index in [4.69, 9.17) is 15.3 Å². The van der Waals surface area contributed by atoms with Gasteiger partial charge in [0.1, 0.15) is 16.6 Å². The standard InChI is InChI=1S/C11H20BrN5O2/c1-18-6-7-19-5-3-2-4-14-10-9(12)11(17-13)16-8-15-10/h8H,2-7,13H2,1H3,(H2,14,15,16,17). The van der Waals surface area contributed by atoms with Gasteiger partial charge < -0.3 is 20.2 Å². The fourth-order valence-electron chi connectivity index (χ4n) is 1.37. The summed E-state index contributed by atoms with van der Waals surface area (Å²) in [5.74, 6) is 6.61. The molecule has 0 saturated heterocycles. The summed E-state index contributed by atoms with van der Waals surface area (Å²) in [5.41, 5.74) is 2.50. The Morgan fingerprint density at radius 1 is 1.21 bits per heavy atom. The van der Waals surface area contributed by atoms with Gasteiger partial charge in [-0.25, -0.2) is 15.8 Å². The predicted molar refractivity (Wildman–Crippen MR) is 78.0 cm³/mol. The molecule has 0 saturated carbocycles. The number of nitrogens with one attached hydrogen (secondary N) is 2. The Hall–Kier alpha value is -0.960. The minimum Gasteiger partial charge on any atom is -0.382 e. The molecule has 1 aromatic heterocycles. The van der Waals surface area contributed by atoms with Crippen LogP contribution in [0.25, 0.3) is 0 Å². The number of nitrogens with zero attached hydrogens (tertiary/aromatic N) is 2. The molecule has 1 heterocycles. The van der Waals surface area contributed by atoms with E-state index < -0.39 is 0 Å². The fourth-order valence-corrected chi connectivity index (χ4v) is 1.83. The van der Waals surface area contributed by atoms with Crippen molar-refractivity contribution in [3.05, 3.63) is 10.8 Å². The molecule has 0 aliphatic heterocycles. The van der Waals surface area contributed by atoms with Crippen LogP contribution in [0.15, 0.2) is 10.8 Å². The zero-order chi connectivity index (χ0) is 13.9. The normalized spacial score (nSPS) is 10.5. The number of hydrogen-bond donors (Lipinski definition) is 3. The second-order valence-electron chi connectivity index (χ2n) is 3.77. The zero-order valence-corrected chi connectivity index (χ0v) is 12.6. The van der Waals surface area contributed by atoms with Gasteiger partial charge in [-0.3, -0.25) is 0 Å². The van der Waals surface area contributed by atoms with E-state index in [-0.39, 0.29) is 0 Å². The topological polar surface area (TPSA) is 94.3 Å². The molecule has 0 aromatic carbocycles. The highest BCUT2D eigenvalue weighted by Gasteiger charge is 2.06. The lowest BCUT2D eigenvalue weighted by molar-refractivity contribution is 0.0691. The molecule has 7 nitrogen and oxygen atoms in total. The third-order valence-corrected chi connectivity index (χ3v) is 3.12. The average molecular weight is 334 g/mol. The first-order chi connectivity index (χ1) is 9.29. The number of halogens is 1. The van der Waals surface area contributed by atoms with Gasteiger partial charge in [0.15, 0.2) is 5.82 Å². The summed E-state index contributed by atoms with van der Waals surface area (Å²) < 4.78 is 11.0. The Morgan fingerprint density at radius 2 is 2.00 bits per heavy atom. The van der Waals surface area contributed by atoms with Crippen LogP contribution < -0.4 is 16.6 Å². The van der Waals surface area contributed by atoms with Crippen LogP contribution in [-0.4, -0.2) is 43.4 Å². The fraction of sp³-hybridized carbons (Fsp3) is 0.636. The van der Waals surface area contributed by atoms with E-state index in [1.165, 1.54) is 6.33 Å². The molecule has 0 fully saturated rings. The van der Waals surface area contributed by atoms with E-state index in [0.717, 1.165) is 36.3 Å². The summed E-state index contributed by atoms with van der Waals surface area (Å²) in [6.45, 7) is 2.84. The van der Waals surface area contributed by atoms with Gasteiger partial charge in [0.25, 0.3) is 0 Å². The maximum Gasteiger partial charge on any atom is 0.159 e. The molecule has 19 heavy (non-hydrogen) atoms. The highest BCUT2D eigenvalue weighted by atomic mass is 79.9. The van der Waals surface area contributed by atoms with Crippen LogP contribution in [-0.2, 0) is 9.47 Å². The van der Waals surface area contributed by atoms with Gasteiger partial charge in [0.05, 0.1) is 13.2 Å². The van der Waals surface area contributed by atoms with E-state index in [0.29, 0.717) is 19.0 Å². The number of hydrazine groups is 1. The molecule has 0 unspecified atom stereocenters. The average Bonchev–Trinajstić information content (AvgIpc) is 2.43. The van der Waals surface area contributed by atoms with Gasteiger partial charge in [-0.05, 0) is 28.8 Å². The van der Waals surface area contributed by atoms with E-state index in [2.05, 4.69) is 36.6 Å². The molecule has 0 radical (unpaired) electrons. The summed E-state index contributed by atoms with van der Waals surface area (Å²) in [6.07, 6.45) is 3.44. The van der Waals surface area contributed by atoms with Gasteiger partial charge >= 0.3 is 0 Å². The smallest absolute Gasteiger partial charge is 0.159 e.